The van der Waals surface area contributed by atoms with Crippen molar-refractivity contribution in [2.45, 2.75) is 24.7 Å². The number of likely N-dealkylation sites (N-methyl/N-ethyl adjacent to an activating group) is 1. The number of likely N-dealkylation sites (tertiary alicyclic amines) is 1. The van der Waals surface area contributed by atoms with Gasteiger partial charge in [-0.3, -0.25) is 25.2 Å². The van der Waals surface area contributed by atoms with Crippen molar-refractivity contribution >= 4 is 27.7 Å². The number of hydrogen-bond donors (Lipinski definition) is 2. The molecule has 0 saturated carbocycles. The van der Waals surface area contributed by atoms with Gasteiger partial charge in [-0.05, 0) is 25.5 Å². The molecule has 0 bridgehead atoms. The number of benzene rings is 1. The maximum atomic E-state index is 12.4. The van der Waals surface area contributed by atoms with E-state index in [0.717, 1.165) is 9.87 Å². The van der Waals surface area contributed by atoms with Crippen LogP contribution in [0.2, 0.25) is 0 Å². The van der Waals surface area contributed by atoms with Crippen LogP contribution in [0.4, 0.5) is 0 Å². The fourth-order valence-electron chi connectivity index (χ4n) is 2.44. The van der Waals surface area contributed by atoms with Gasteiger partial charge >= 0.3 is 0 Å². The lowest BCUT2D eigenvalue weighted by Gasteiger charge is -2.18. The molecule has 1 aromatic rings. The van der Waals surface area contributed by atoms with E-state index in [4.69, 9.17) is 0 Å². The topological polar surface area (TPSA) is 116 Å². The Hall–Kier alpha value is -2.46. The van der Waals surface area contributed by atoms with E-state index >= 15 is 0 Å². The molecule has 2 N–H and O–H groups in total. The van der Waals surface area contributed by atoms with Crippen LogP contribution < -0.4 is 10.9 Å². The average Bonchev–Trinajstić information content (AvgIpc) is 2.98. The first-order valence-corrected chi connectivity index (χ1v) is 9.52. The molecule has 1 aliphatic heterocycles. The quantitative estimate of drug-likeness (QED) is 0.637. The fraction of sp³-hybridized carbons (Fsp3) is 0.438. The summed E-state index contributed by atoms with van der Waals surface area (Å²) in [5.74, 6) is -1.34. The van der Waals surface area contributed by atoms with Crippen molar-refractivity contribution in [3.8, 4) is 0 Å². The molecule has 2 rings (SSSR count). The van der Waals surface area contributed by atoms with Crippen molar-refractivity contribution in [3.05, 3.63) is 29.8 Å². The summed E-state index contributed by atoms with van der Waals surface area (Å²) < 4.78 is 25.7. The Morgan fingerprint density at radius 3 is 2.35 bits per heavy atom. The minimum absolute atomic E-state index is 0.0787. The van der Waals surface area contributed by atoms with E-state index in [0.29, 0.717) is 19.4 Å². The van der Waals surface area contributed by atoms with Crippen LogP contribution in [-0.4, -0.2) is 62.0 Å². The molecule has 0 aliphatic carbocycles. The lowest BCUT2D eigenvalue weighted by atomic mass is 10.2. The summed E-state index contributed by atoms with van der Waals surface area (Å²) in [6, 6.07) is 6.27. The van der Waals surface area contributed by atoms with E-state index in [9.17, 15) is 22.8 Å². The van der Waals surface area contributed by atoms with Crippen molar-refractivity contribution in [3.63, 3.8) is 0 Å². The van der Waals surface area contributed by atoms with Crippen LogP contribution in [0.25, 0.3) is 0 Å². The van der Waals surface area contributed by atoms with Gasteiger partial charge in [0.15, 0.2) is 0 Å². The van der Waals surface area contributed by atoms with Gasteiger partial charge in [0.1, 0.15) is 6.54 Å². The van der Waals surface area contributed by atoms with Gasteiger partial charge in [0.2, 0.25) is 15.9 Å². The molecule has 0 atom stereocenters. The number of aryl methyl sites for hydroxylation is 1. The number of hydrogen-bond acceptors (Lipinski definition) is 5. The molecule has 0 radical (unpaired) electrons. The van der Waals surface area contributed by atoms with Gasteiger partial charge in [0.05, 0.1) is 11.4 Å². The van der Waals surface area contributed by atoms with E-state index < -0.39 is 28.4 Å². The zero-order chi connectivity index (χ0) is 19.3. The van der Waals surface area contributed by atoms with Crippen LogP contribution in [0.15, 0.2) is 29.2 Å². The second-order valence-corrected chi connectivity index (χ2v) is 8.13. The molecule has 26 heavy (non-hydrogen) atoms. The largest absolute Gasteiger partial charge is 0.333 e. The van der Waals surface area contributed by atoms with E-state index in [1.807, 2.05) is 6.92 Å². The molecular formula is C16H22N4O5S. The Bertz CT molecular complexity index is 791. The number of nitrogens with zero attached hydrogens (tertiary/aromatic N) is 2. The Kier molecular flexibility index (Phi) is 6.32. The summed E-state index contributed by atoms with van der Waals surface area (Å²) >= 11 is 0. The van der Waals surface area contributed by atoms with Crippen LogP contribution in [0.3, 0.4) is 0 Å². The van der Waals surface area contributed by atoms with Crippen molar-refractivity contribution < 1.29 is 22.8 Å². The standard InChI is InChI=1S/C16H22N4O5S/c1-12-5-7-13(8-6-12)26(24,25)19(2)10-14(21)17-18-15(22)11-20-9-3-4-16(20)23/h5-8H,3-4,9-11H2,1-2H3,(H,17,21)(H,18,22). The Morgan fingerprint density at radius 2 is 1.77 bits per heavy atom. The smallest absolute Gasteiger partial charge is 0.257 e. The SMILES string of the molecule is Cc1ccc(S(=O)(=O)N(C)CC(=O)NNC(=O)CN2CCCC2=O)cc1. The van der Waals surface area contributed by atoms with E-state index in [-0.39, 0.29) is 17.3 Å². The molecule has 3 amide bonds. The van der Waals surface area contributed by atoms with Gasteiger partial charge in [0, 0.05) is 20.0 Å². The second-order valence-electron chi connectivity index (χ2n) is 6.09. The number of nitrogens with one attached hydrogen (secondary N) is 2. The predicted molar refractivity (Wildman–Crippen MR) is 93.1 cm³/mol. The van der Waals surface area contributed by atoms with E-state index in [1.54, 1.807) is 12.1 Å². The van der Waals surface area contributed by atoms with E-state index in [2.05, 4.69) is 10.9 Å². The average molecular weight is 382 g/mol. The fourth-order valence-corrected chi connectivity index (χ4v) is 3.57. The maximum Gasteiger partial charge on any atom is 0.257 e. The van der Waals surface area contributed by atoms with Crippen molar-refractivity contribution in [1.29, 1.82) is 0 Å². The minimum Gasteiger partial charge on any atom is -0.333 e. The predicted octanol–water partition coefficient (Wildman–Crippen LogP) is -0.615. The van der Waals surface area contributed by atoms with Gasteiger partial charge in [0.25, 0.3) is 11.8 Å². The second kappa shape index (κ2) is 8.28. The minimum atomic E-state index is -3.81. The van der Waals surface area contributed by atoms with Crippen molar-refractivity contribution in [2.24, 2.45) is 0 Å². The Morgan fingerprint density at radius 1 is 1.15 bits per heavy atom. The number of hydrazine groups is 1. The third-order valence-corrected chi connectivity index (χ3v) is 5.76. The first kappa shape index (κ1) is 19.9. The van der Waals surface area contributed by atoms with Gasteiger partial charge in [-0.25, -0.2) is 8.42 Å². The molecule has 10 heteroatoms. The molecule has 1 heterocycles. The number of amides is 3. The number of carbonyl (C=O) groups excluding carboxylic acids is 3. The van der Waals surface area contributed by atoms with Crippen molar-refractivity contribution in [2.75, 3.05) is 26.7 Å². The highest BCUT2D eigenvalue weighted by atomic mass is 32.2. The highest BCUT2D eigenvalue weighted by Gasteiger charge is 2.24. The molecule has 9 nitrogen and oxygen atoms in total. The summed E-state index contributed by atoms with van der Waals surface area (Å²) in [5.41, 5.74) is 5.25. The normalized spacial score (nSPS) is 14.6. The zero-order valence-electron chi connectivity index (χ0n) is 14.7. The van der Waals surface area contributed by atoms with Crippen molar-refractivity contribution in [1.82, 2.24) is 20.1 Å². The van der Waals surface area contributed by atoms with Crippen LogP contribution in [0.1, 0.15) is 18.4 Å². The molecule has 142 valence electrons. The summed E-state index contributed by atoms with van der Waals surface area (Å²) in [4.78, 5) is 36.5. The number of sulfonamides is 1. The summed E-state index contributed by atoms with van der Waals surface area (Å²) in [6.45, 7) is 1.75. The molecular weight excluding hydrogens is 360 g/mol. The first-order chi connectivity index (χ1) is 12.2. The molecule has 1 aliphatic rings. The monoisotopic (exact) mass is 382 g/mol. The molecule has 1 aromatic carbocycles. The molecule has 1 fully saturated rings. The first-order valence-electron chi connectivity index (χ1n) is 8.08. The number of carbonyl (C=O) groups is 3. The van der Waals surface area contributed by atoms with Gasteiger partial charge in [-0.1, -0.05) is 17.7 Å². The molecule has 0 spiro atoms. The van der Waals surface area contributed by atoms with E-state index in [1.165, 1.54) is 24.1 Å². The lowest BCUT2D eigenvalue weighted by molar-refractivity contribution is -0.134. The molecule has 0 unspecified atom stereocenters. The van der Waals surface area contributed by atoms with Crippen LogP contribution in [0, 0.1) is 6.92 Å². The summed E-state index contributed by atoms with van der Waals surface area (Å²) in [6.07, 6.45) is 1.13. The summed E-state index contributed by atoms with van der Waals surface area (Å²) in [5, 5.41) is 0. The third kappa shape index (κ3) is 5.02. The van der Waals surface area contributed by atoms with Gasteiger partial charge in [-0.2, -0.15) is 4.31 Å². The highest BCUT2D eigenvalue weighted by molar-refractivity contribution is 7.89. The zero-order valence-corrected chi connectivity index (χ0v) is 15.5. The Balaban J connectivity index is 1.83. The van der Waals surface area contributed by atoms with Gasteiger partial charge < -0.3 is 4.90 Å². The van der Waals surface area contributed by atoms with Crippen LogP contribution in [-0.2, 0) is 24.4 Å². The highest BCUT2D eigenvalue weighted by Crippen LogP contribution is 2.14. The number of rotatable bonds is 6. The Labute approximate surface area is 152 Å². The molecule has 1 saturated heterocycles. The maximum absolute atomic E-state index is 12.4. The van der Waals surface area contributed by atoms with Crippen LogP contribution in [0.5, 0.6) is 0 Å². The summed E-state index contributed by atoms with van der Waals surface area (Å²) in [7, 11) is -2.53. The molecule has 0 aromatic heterocycles. The third-order valence-electron chi connectivity index (χ3n) is 3.94. The lowest BCUT2D eigenvalue weighted by Crippen LogP contribution is -2.49. The van der Waals surface area contributed by atoms with Gasteiger partial charge in [-0.15, -0.1) is 0 Å². The van der Waals surface area contributed by atoms with Crippen LogP contribution >= 0.6 is 0 Å².